The summed E-state index contributed by atoms with van der Waals surface area (Å²) in [6, 6.07) is 4.76. The predicted octanol–water partition coefficient (Wildman–Crippen LogP) is 2.85. The van der Waals surface area contributed by atoms with Gasteiger partial charge in [-0.15, -0.1) is 0 Å². The van der Waals surface area contributed by atoms with Crippen LogP contribution in [0.15, 0.2) is 18.3 Å². The summed E-state index contributed by atoms with van der Waals surface area (Å²) in [6.45, 7) is 8.50. The second kappa shape index (κ2) is 8.68. The van der Waals surface area contributed by atoms with Crippen molar-refractivity contribution in [2.24, 2.45) is 11.8 Å². The summed E-state index contributed by atoms with van der Waals surface area (Å²) in [5.41, 5.74) is 1.26. The fraction of sp³-hybridized carbons (Fsp3) is 0.762. The molecule has 1 aromatic heterocycles. The lowest BCUT2D eigenvalue weighted by molar-refractivity contribution is 0.0512. The van der Waals surface area contributed by atoms with Gasteiger partial charge in [0.25, 0.3) is 0 Å². The topological polar surface area (TPSA) is 46.6 Å². The van der Waals surface area contributed by atoms with Gasteiger partial charge in [0.15, 0.2) is 0 Å². The van der Waals surface area contributed by atoms with Crippen molar-refractivity contribution in [3.8, 4) is 5.88 Å². The molecule has 4 rings (SSSR count). The van der Waals surface area contributed by atoms with E-state index in [1.165, 1.54) is 50.8 Å². The predicted molar refractivity (Wildman–Crippen MR) is 102 cm³/mol. The molecule has 0 aromatic carbocycles. The molecule has 0 spiro atoms. The van der Waals surface area contributed by atoms with Crippen LogP contribution in [0.5, 0.6) is 5.88 Å². The molecule has 26 heavy (non-hydrogen) atoms. The fourth-order valence-corrected chi connectivity index (χ4v) is 4.15. The third-order valence-electron chi connectivity index (χ3n) is 6.01. The third-order valence-corrected chi connectivity index (χ3v) is 6.01. The summed E-state index contributed by atoms with van der Waals surface area (Å²) in [6.07, 6.45) is 8.64. The van der Waals surface area contributed by atoms with E-state index in [0.717, 1.165) is 38.1 Å². The minimum Gasteiger partial charge on any atom is -0.477 e. The van der Waals surface area contributed by atoms with Crippen LogP contribution in [0.4, 0.5) is 0 Å². The first kappa shape index (κ1) is 18.2. The summed E-state index contributed by atoms with van der Waals surface area (Å²) in [5.74, 6) is 2.20. The molecule has 3 atom stereocenters. The molecular weight excluding hydrogens is 326 g/mol. The van der Waals surface area contributed by atoms with Gasteiger partial charge in [-0.25, -0.2) is 4.98 Å². The number of rotatable bonds is 8. The van der Waals surface area contributed by atoms with E-state index in [4.69, 9.17) is 9.47 Å². The van der Waals surface area contributed by atoms with Crippen LogP contribution in [0.2, 0.25) is 0 Å². The van der Waals surface area contributed by atoms with Crippen molar-refractivity contribution in [2.45, 2.75) is 57.7 Å². The Morgan fingerprint density at radius 2 is 2.23 bits per heavy atom. The Balaban J connectivity index is 1.21. The Morgan fingerprint density at radius 1 is 1.31 bits per heavy atom. The zero-order valence-electron chi connectivity index (χ0n) is 16.0. The Kier molecular flexibility index (Phi) is 6.08. The average molecular weight is 360 g/mol. The maximum Gasteiger partial charge on any atom is 0.213 e. The van der Waals surface area contributed by atoms with Crippen molar-refractivity contribution in [1.82, 2.24) is 15.2 Å². The van der Waals surface area contributed by atoms with Gasteiger partial charge in [0.1, 0.15) is 0 Å². The number of nitrogens with one attached hydrogen (secondary N) is 1. The summed E-state index contributed by atoms with van der Waals surface area (Å²) in [4.78, 5) is 6.93. The van der Waals surface area contributed by atoms with E-state index in [1.807, 2.05) is 6.20 Å². The summed E-state index contributed by atoms with van der Waals surface area (Å²) in [5, 5.41) is 3.77. The number of hydrogen-bond acceptors (Lipinski definition) is 5. The molecule has 3 heterocycles. The molecule has 0 radical (unpaired) electrons. The highest BCUT2D eigenvalue weighted by Crippen LogP contribution is 2.29. The molecule has 2 saturated heterocycles. The van der Waals surface area contributed by atoms with Crippen molar-refractivity contribution in [1.29, 1.82) is 0 Å². The van der Waals surface area contributed by atoms with Gasteiger partial charge in [0.05, 0.1) is 12.7 Å². The van der Waals surface area contributed by atoms with E-state index >= 15 is 0 Å². The second-order valence-corrected chi connectivity index (χ2v) is 8.40. The van der Waals surface area contributed by atoms with Crippen LogP contribution >= 0.6 is 0 Å². The zero-order valence-corrected chi connectivity index (χ0v) is 16.0. The average Bonchev–Trinajstić information content (AvgIpc) is 3.35. The molecule has 144 valence electrons. The standard InChI is InChI=1S/C21H33N3O2/c1-16-13-24(14-19-3-2-10-25-19)9-7-20(16)23-12-18-6-8-22-21(11-18)26-15-17-4-5-17/h6,8,11,16-17,19-20,23H,2-5,7,9-10,12-15H2,1H3/t16-,19+,20-/m1/s1. The highest BCUT2D eigenvalue weighted by molar-refractivity contribution is 5.20. The van der Waals surface area contributed by atoms with Gasteiger partial charge in [-0.1, -0.05) is 6.92 Å². The highest BCUT2D eigenvalue weighted by Gasteiger charge is 2.28. The minimum absolute atomic E-state index is 0.470. The van der Waals surface area contributed by atoms with Gasteiger partial charge < -0.3 is 19.7 Å². The van der Waals surface area contributed by atoms with Crippen LogP contribution in [-0.2, 0) is 11.3 Å². The van der Waals surface area contributed by atoms with Crippen molar-refractivity contribution in [2.75, 3.05) is 32.8 Å². The van der Waals surface area contributed by atoms with Crippen LogP contribution in [0.3, 0.4) is 0 Å². The van der Waals surface area contributed by atoms with Crippen LogP contribution in [0, 0.1) is 11.8 Å². The van der Waals surface area contributed by atoms with Crippen molar-refractivity contribution < 1.29 is 9.47 Å². The Labute approximate surface area is 157 Å². The smallest absolute Gasteiger partial charge is 0.213 e. The highest BCUT2D eigenvalue weighted by atomic mass is 16.5. The molecule has 1 saturated carbocycles. The quantitative estimate of drug-likeness (QED) is 0.773. The number of piperidine rings is 1. The molecule has 0 unspecified atom stereocenters. The SMILES string of the molecule is C[C@@H]1CN(C[C@@H]2CCCO2)CC[C@H]1NCc1ccnc(OCC2CC2)c1. The molecular formula is C21H33N3O2. The Hall–Kier alpha value is -1.17. The lowest BCUT2D eigenvalue weighted by Gasteiger charge is -2.38. The molecule has 1 N–H and O–H groups in total. The lowest BCUT2D eigenvalue weighted by Crippen LogP contribution is -2.49. The van der Waals surface area contributed by atoms with E-state index in [-0.39, 0.29) is 0 Å². The maximum absolute atomic E-state index is 5.80. The molecule has 1 aromatic rings. The van der Waals surface area contributed by atoms with Crippen molar-refractivity contribution in [3.05, 3.63) is 23.9 Å². The molecule has 2 aliphatic heterocycles. The first-order chi connectivity index (χ1) is 12.8. The molecule has 0 bridgehead atoms. The van der Waals surface area contributed by atoms with Gasteiger partial charge in [-0.05, 0) is 62.1 Å². The van der Waals surface area contributed by atoms with Crippen LogP contribution < -0.4 is 10.1 Å². The summed E-state index contributed by atoms with van der Waals surface area (Å²) in [7, 11) is 0. The zero-order chi connectivity index (χ0) is 17.8. The van der Waals surface area contributed by atoms with Gasteiger partial charge >= 0.3 is 0 Å². The maximum atomic E-state index is 5.80. The van der Waals surface area contributed by atoms with E-state index in [9.17, 15) is 0 Å². The van der Waals surface area contributed by atoms with Gasteiger partial charge in [0, 0.05) is 44.5 Å². The molecule has 5 heteroatoms. The number of ether oxygens (including phenoxy) is 2. The van der Waals surface area contributed by atoms with E-state index in [0.29, 0.717) is 18.1 Å². The van der Waals surface area contributed by atoms with E-state index in [1.54, 1.807) is 0 Å². The van der Waals surface area contributed by atoms with Gasteiger partial charge in [0.2, 0.25) is 5.88 Å². The molecule has 1 aliphatic carbocycles. The monoisotopic (exact) mass is 359 g/mol. The van der Waals surface area contributed by atoms with Crippen molar-refractivity contribution in [3.63, 3.8) is 0 Å². The van der Waals surface area contributed by atoms with Gasteiger partial charge in [-0.3, -0.25) is 0 Å². The number of likely N-dealkylation sites (tertiary alicyclic amines) is 1. The number of aromatic nitrogens is 1. The molecule has 3 fully saturated rings. The number of nitrogens with zero attached hydrogens (tertiary/aromatic N) is 2. The van der Waals surface area contributed by atoms with E-state index < -0.39 is 0 Å². The normalized spacial score (nSPS) is 29.8. The van der Waals surface area contributed by atoms with Crippen LogP contribution in [0.25, 0.3) is 0 Å². The third kappa shape index (κ3) is 5.18. The first-order valence-electron chi connectivity index (χ1n) is 10.4. The lowest BCUT2D eigenvalue weighted by atomic mass is 9.93. The first-order valence-corrected chi connectivity index (χ1v) is 10.4. The molecule has 5 nitrogen and oxygen atoms in total. The molecule has 0 amide bonds. The van der Waals surface area contributed by atoms with Crippen LogP contribution in [0.1, 0.15) is 44.6 Å². The summed E-state index contributed by atoms with van der Waals surface area (Å²) >= 11 is 0. The fourth-order valence-electron chi connectivity index (χ4n) is 4.15. The number of hydrogen-bond donors (Lipinski definition) is 1. The van der Waals surface area contributed by atoms with Crippen molar-refractivity contribution >= 4 is 0 Å². The minimum atomic E-state index is 0.470. The number of pyridine rings is 1. The second-order valence-electron chi connectivity index (χ2n) is 8.40. The van der Waals surface area contributed by atoms with Crippen LogP contribution in [-0.4, -0.2) is 54.9 Å². The van der Waals surface area contributed by atoms with E-state index in [2.05, 4.69) is 34.3 Å². The Bertz CT molecular complexity index is 572. The largest absolute Gasteiger partial charge is 0.477 e. The Morgan fingerprint density at radius 3 is 3.00 bits per heavy atom. The summed E-state index contributed by atoms with van der Waals surface area (Å²) < 4.78 is 11.6. The molecule has 3 aliphatic rings. The van der Waals surface area contributed by atoms with Gasteiger partial charge in [-0.2, -0.15) is 0 Å².